The minimum absolute atomic E-state index is 0.0332. The molecule has 1 aromatic carbocycles. The Balaban J connectivity index is 2.17. The molecule has 0 bridgehead atoms. The Labute approximate surface area is 113 Å². The van der Waals surface area contributed by atoms with E-state index in [9.17, 15) is 14.3 Å². The van der Waals surface area contributed by atoms with E-state index in [1.807, 2.05) is 30.3 Å². The molecule has 4 nitrogen and oxygen atoms in total. The van der Waals surface area contributed by atoms with Crippen LogP contribution in [0.5, 0.6) is 0 Å². The van der Waals surface area contributed by atoms with Crippen LogP contribution >= 0.6 is 7.37 Å². The number of hydrogen-bond acceptors (Lipinski definition) is 2. The maximum Gasteiger partial charge on any atom is 0.303 e. The maximum atomic E-state index is 11.8. The van der Waals surface area contributed by atoms with Crippen molar-refractivity contribution in [1.82, 2.24) is 0 Å². The van der Waals surface area contributed by atoms with Gasteiger partial charge in [-0.2, -0.15) is 0 Å². The lowest BCUT2D eigenvalue weighted by Gasteiger charge is -2.10. The zero-order chi connectivity index (χ0) is 14.1. The smallest absolute Gasteiger partial charge is 0.303 e. The van der Waals surface area contributed by atoms with Crippen LogP contribution in [0.1, 0.15) is 31.2 Å². The normalized spacial score (nSPS) is 13.9. The Morgan fingerprint density at radius 3 is 2.32 bits per heavy atom. The van der Waals surface area contributed by atoms with Crippen molar-refractivity contribution in [2.45, 2.75) is 32.1 Å². The summed E-state index contributed by atoms with van der Waals surface area (Å²) < 4.78 is 11.8. The Morgan fingerprint density at radius 2 is 1.68 bits per heavy atom. The van der Waals surface area contributed by atoms with Crippen LogP contribution in [-0.2, 0) is 15.8 Å². The van der Waals surface area contributed by atoms with Gasteiger partial charge in [-0.05, 0) is 31.2 Å². The predicted octanol–water partition coefficient (Wildman–Crippen LogP) is 3.14. The van der Waals surface area contributed by atoms with Crippen molar-refractivity contribution in [2.24, 2.45) is 0 Å². The fourth-order valence-corrected chi connectivity index (χ4v) is 3.52. The molecule has 0 aliphatic rings. The van der Waals surface area contributed by atoms with Crippen LogP contribution in [0.2, 0.25) is 0 Å². The Morgan fingerprint density at radius 1 is 1.05 bits per heavy atom. The van der Waals surface area contributed by atoms with Gasteiger partial charge in [0, 0.05) is 18.7 Å². The fraction of sp³-hybridized carbons (Fsp3) is 0.500. The minimum Gasteiger partial charge on any atom is -0.481 e. The van der Waals surface area contributed by atoms with Gasteiger partial charge in [0.2, 0.25) is 7.37 Å². The minimum atomic E-state index is -3.13. The van der Waals surface area contributed by atoms with Crippen molar-refractivity contribution in [3.05, 3.63) is 35.9 Å². The van der Waals surface area contributed by atoms with Crippen LogP contribution in [-0.4, -0.2) is 28.3 Å². The summed E-state index contributed by atoms with van der Waals surface area (Å²) in [6, 6.07) is 10.0. The number of benzene rings is 1. The monoisotopic (exact) mass is 284 g/mol. The topological polar surface area (TPSA) is 74.6 Å². The molecule has 0 aliphatic heterocycles. The first-order chi connectivity index (χ1) is 8.99. The largest absolute Gasteiger partial charge is 0.481 e. The summed E-state index contributed by atoms with van der Waals surface area (Å²) in [4.78, 5) is 20.0. The van der Waals surface area contributed by atoms with Crippen molar-refractivity contribution < 1.29 is 19.4 Å². The van der Waals surface area contributed by atoms with E-state index in [4.69, 9.17) is 5.11 Å². The van der Waals surface area contributed by atoms with E-state index in [-0.39, 0.29) is 19.0 Å². The van der Waals surface area contributed by atoms with Crippen molar-refractivity contribution in [1.29, 1.82) is 0 Å². The molecule has 106 valence electrons. The predicted molar refractivity (Wildman–Crippen MR) is 75.8 cm³/mol. The van der Waals surface area contributed by atoms with Crippen LogP contribution in [0, 0.1) is 0 Å². The molecule has 2 N–H and O–H groups in total. The van der Waals surface area contributed by atoms with E-state index in [2.05, 4.69) is 0 Å². The first-order valence-electron chi connectivity index (χ1n) is 6.56. The van der Waals surface area contributed by atoms with Crippen molar-refractivity contribution in [3.63, 3.8) is 0 Å². The van der Waals surface area contributed by atoms with E-state index in [0.29, 0.717) is 12.6 Å². The fourth-order valence-electron chi connectivity index (χ4n) is 1.92. The summed E-state index contributed by atoms with van der Waals surface area (Å²) in [6.45, 7) is 0. The van der Waals surface area contributed by atoms with E-state index >= 15 is 0 Å². The third-order valence-electron chi connectivity index (χ3n) is 2.96. The summed E-state index contributed by atoms with van der Waals surface area (Å²) in [7, 11) is -3.13. The molecular formula is C14H21O4P. The van der Waals surface area contributed by atoms with Gasteiger partial charge < -0.3 is 10.00 Å². The molecule has 0 saturated heterocycles. The number of carbonyl (C=O) groups is 1. The second-order valence-corrected chi connectivity index (χ2v) is 7.32. The van der Waals surface area contributed by atoms with Crippen molar-refractivity contribution in [2.75, 3.05) is 12.3 Å². The Bertz CT molecular complexity index is 430. The van der Waals surface area contributed by atoms with Gasteiger partial charge in [0.1, 0.15) is 0 Å². The van der Waals surface area contributed by atoms with Crippen LogP contribution in [0.3, 0.4) is 0 Å². The molecule has 0 aliphatic carbocycles. The lowest BCUT2D eigenvalue weighted by atomic mass is 10.1. The molecule has 5 heteroatoms. The second-order valence-electron chi connectivity index (χ2n) is 4.73. The number of aryl methyl sites for hydroxylation is 1. The number of carboxylic acid groups (broad SMARTS) is 1. The molecule has 0 radical (unpaired) electrons. The summed E-state index contributed by atoms with van der Waals surface area (Å²) in [5.74, 6) is -0.913. The van der Waals surface area contributed by atoms with E-state index in [0.717, 1.165) is 12.8 Å². The molecular weight excluding hydrogens is 263 g/mol. The lowest BCUT2D eigenvalue weighted by molar-refractivity contribution is -0.137. The first kappa shape index (κ1) is 15.9. The van der Waals surface area contributed by atoms with Crippen LogP contribution < -0.4 is 0 Å². The standard InChI is InChI=1S/C14H21O4P/c15-14(16)10-6-12-19(17,18)11-5-4-9-13-7-2-1-3-8-13/h1-3,7-8H,4-6,9-12H2,(H,15,16)(H,17,18). The molecule has 1 rings (SSSR count). The summed E-state index contributed by atoms with van der Waals surface area (Å²) >= 11 is 0. The highest BCUT2D eigenvalue weighted by Gasteiger charge is 2.17. The molecule has 1 unspecified atom stereocenters. The number of hydrogen-bond donors (Lipinski definition) is 2. The summed E-state index contributed by atoms with van der Waals surface area (Å²) in [5, 5.41) is 8.48. The average Bonchev–Trinajstić information content (AvgIpc) is 2.35. The Kier molecular flexibility index (Phi) is 6.82. The van der Waals surface area contributed by atoms with Crippen molar-refractivity contribution >= 4 is 13.3 Å². The number of aliphatic carboxylic acids is 1. The second kappa shape index (κ2) is 8.13. The number of rotatable bonds is 9. The number of unbranched alkanes of at least 4 members (excludes halogenated alkanes) is 1. The lowest BCUT2D eigenvalue weighted by Crippen LogP contribution is -2.00. The summed E-state index contributed by atoms with van der Waals surface area (Å²) in [5.41, 5.74) is 1.24. The summed E-state index contributed by atoms with van der Waals surface area (Å²) in [6.07, 6.45) is 3.15. The van der Waals surface area contributed by atoms with Gasteiger partial charge >= 0.3 is 5.97 Å². The Hall–Kier alpha value is -1.12. The van der Waals surface area contributed by atoms with Crippen LogP contribution in [0.4, 0.5) is 0 Å². The van der Waals surface area contributed by atoms with Gasteiger partial charge in [0.25, 0.3) is 0 Å². The molecule has 0 aromatic heterocycles. The maximum absolute atomic E-state index is 11.8. The molecule has 1 aromatic rings. The molecule has 1 atom stereocenters. The number of carboxylic acids is 1. The van der Waals surface area contributed by atoms with Crippen LogP contribution in [0.25, 0.3) is 0 Å². The van der Waals surface area contributed by atoms with Gasteiger partial charge in [-0.3, -0.25) is 9.36 Å². The van der Waals surface area contributed by atoms with Gasteiger partial charge in [0.05, 0.1) is 0 Å². The van der Waals surface area contributed by atoms with Gasteiger partial charge in [0.15, 0.2) is 0 Å². The van der Waals surface area contributed by atoms with Gasteiger partial charge in [-0.25, -0.2) is 0 Å². The molecule has 0 amide bonds. The molecule has 19 heavy (non-hydrogen) atoms. The van der Waals surface area contributed by atoms with Gasteiger partial charge in [-0.15, -0.1) is 0 Å². The molecule has 0 fully saturated rings. The highest BCUT2D eigenvalue weighted by Crippen LogP contribution is 2.42. The van der Waals surface area contributed by atoms with E-state index in [1.54, 1.807) is 0 Å². The highest BCUT2D eigenvalue weighted by atomic mass is 31.2. The zero-order valence-corrected chi connectivity index (χ0v) is 11.9. The zero-order valence-electron chi connectivity index (χ0n) is 11.0. The molecule has 0 heterocycles. The van der Waals surface area contributed by atoms with Crippen LogP contribution in [0.15, 0.2) is 30.3 Å². The quantitative estimate of drug-likeness (QED) is 0.539. The first-order valence-corrected chi connectivity index (χ1v) is 8.59. The molecule has 0 saturated carbocycles. The van der Waals surface area contributed by atoms with Crippen molar-refractivity contribution in [3.8, 4) is 0 Å². The van der Waals surface area contributed by atoms with Gasteiger partial charge in [-0.1, -0.05) is 30.3 Å². The SMILES string of the molecule is O=C(O)CCCP(=O)(O)CCCCc1ccccc1. The average molecular weight is 284 g/mol. The highest BCUT2D eigenvalue weighted by molar-refractivity contribution is 7.57. The third kappa shape index (κ3) is 7.81. The third-order valence-corrected chi connectivity index (χ3v) is 4.99. The van der Waals surface area contributed by atoms with E-state index < -0.39 is 13.3 Å². The van der Waals surface area contributed by atoms with E-state index in [1.165, 1.54) is 5.56 Å². The molecule has 0 spiro atoms.